The number of hydrogen-bond donors (Lipinski definition) is 2. The molecular formula is C37H31F8N3O5. The van der Waals surface area contributed by atoms with E-state index in [1.54, 1.807) is 19.1 Å². The van der Waals surface area contributed by atoms with Crippen molar-refractivity contribution in [2.24, 2.45) is 0 Å². The van der Waals surface area contributed by atoms with Gasteiger partial charge in [-0.25, -0.2) is 8.78 Å². The molecule has 0 unspecified atom stereocenters. The molecule has 2 N–H and O–H groups in total. The molecule has 4 aromatic rings. The number of nitrogens with zero attached hydrogens (tertiary/aromatic N) is 2. The zero-order chi connectivity index (χ0) is 38.6. The van der Waals surface area contributed by atoms with E-state index >= 15 is 4.39 Å². The lowest BCUT2D eigenvalue weighted by Crippen LogP contribution is -2.49. The van der Waals surface area contributed by atoms with Crippen molar-refractivity contribution < 1.29 is 54.6 Å². The van der Waals surface area contributed by atoms with Crippen LogP contribution in [-0.2, 0) is 28.4 Å². The van der Waals surface area contributed by atoms with Gasteiger partial charge in [-0.1, -0.05) is 12.1 Å². The standard InChI is InChI=1S/C37H31F8N3O5/c1-18-4-3-5-29-32(18)21-8-19(2)33(39)26(11-21)28(14-31(50)51)46-35(52)34(22-9-23(36(40,41)42)12-25(10-22)53-29)48-15-20(6-7-47-16-24(38)17-47)27(13-30(48)49)37(43,44)45/h3-5,8-13,15,24,28,34H,6-7,14,16-17H2,1-2H3,(H,46,52)(H,50,51)/t28-,34+/m0/s1. The molecule has 0 spiro atoms. The van der Waals surface area contributed by atoms with Crippen molar-refractivity contribution >= 4 is 11.9 Å². The zero-order valence-corrected chi connectivity index (χ0v) is 28.0. The molecule has 8 nitrogen and oxygen atoms in total. The highest BCUT2D eigenvalue weighted by molar-refractivity contribution is 5.85. The summed E-state index contributed by atoms with van der Waals surface area (Å²) in [7, 11) is 0. The largest absolute Gasteiger partial charge is 0.481 e. The molecule has 2 aliphatic rings. The lowest BCUT2D eigenvalue weighted by atomic mass is 9.92. The molecular weight excluding hydrogens is 718 g/mol. The summed E-state index contributed by atoms with van der Waals surface area (Å²) in [6.07, 6.45) is -11.9. The Morgan fingerprint density at radius 3 is 2.32 bits per heavy atom. The predicted octanol–water partition coefficient (Wildman–Crippen LogP) is 7.53. The number of amides is 1. The van der Waals surface area contributed by atoms with Gasteiger partial charge in [-0.2, -0.15) is 26.3 Å². The molecule has 0 saturated carbocycles. The lowest BCUT2D eigenvalue weighted by molar-refractivity contribution is -0.139. The number of benzene rings is 3. The Labute approximate surface area is 296 Å². The minimum atomic E-state index is -5.06. The number of carbonyl (C=O) groups excluding carboxylic acids is 1. The molecule has 280 valence electrons. The van der Waals surface area contributed by atoms with E-state index in [4.69, 9.17) is 4.74 Å². The van der Waals surface area contributed by atoms with Crippen molar-refractivity contribution in [3.8, 4) is 22.6 Å². The number of hydrogen-bond acceptors (Lipinski definition) is 5. The predicted molar refractivity (Wildman–Crippen MR) is 175 cm³/mol. The number of carbonyl (C=O) groups is 2. The van der Waals surface area contributed by atoms with E-state index in [1.807, 2.05) is 0 Å². The van der Waals surface area contributed by atoms with Crippen molar-refractivity contribution in [1.82, 2.24) is 14.8 Å². The van der Waals surface area contributed by atoms with Crippen LogP contribution >= 0.6 is 0 Å². The van der Waals surface area contributed by atoms with E-state index in [0.717, 1.165) is 6.07 Å². The molecule has 0 aliphatic carbocycles. The molecule has 16 heteroatoms. The smallest absolute Gasteiger partial charge is 0.416 e. The number of rotatable bonds is 6. The number of aliphatic carboxylic acids is 1. The molecule has 1 amide bonds. The van der Waals surface area contributed by atoms with Gasteiger partial charge >= 0.3 is 18.3 Å². The summed E-state index contributed by atoms with van der Waals surface area (Å²) in [4.78, 5) is 41.5. The van der Waals surface area contributed by atoms with Crippen LogP contribution in [-0.4, -0.2) is 52.3 Å². The van der Waals surface area contributed by atoms with Crippen LogP contribution in [0.2, 0.25) is 0 Å². The topological polar surface area (TPSA) is 101 Å². The first kappa shape index (κ1) is 37.5. The maximum Gasteiger partial charge on any atom is 0.416 e. The van der Waals surface area contributed by atoms with Crippen molar-refractivity contribution in [1.29, 1.82) is 0 Å². The summed E-state index contributed by atoms with van der Waals surface area (Å²) in [5.41, 5.74) is -4.36. The molecule has 0 radical (unpaired) electrons. The van der Waals surface area contributed by atoms with Crippen LogP contribution in [0, 0.1) is 19.7 Å². The number of aromatic nitrogens is 1. The summed E-state index contributed by atoms with van der Waals surface area (Å²) in [5.74, 6) is -4.19. The number of carboxylic acid groups (broad SMARTS) is 1. The normalized spacial score (nSPS) is 18.1. The highest BCUT2D eigenvalue weighted by atomic mass is 19.4. The molecule has 3 aromatic carbocycles. The van der Waals surface area contributed by atoms with Crippen molar-refractivity contribution in [3.63, 3.8) is 0 Å². The molecule has 2 atom stereocenters. The Kier molecular flexibility index (Phi) is 9.87. The Bertz CT molecular complexity index is 2160. The number of carboxylic acids is 1. The van der Waals surface area contributed by atoms with Crippen LogP contribution in [0.5, 0.6) is 11.5 Å². The average molecular weight is 750 g/mol. The molecule has 1 aromatic heterocycles. The highest BCUT2D eigenvalue weighted by Crippen LogP contribution is 2.42. The molecule has 2 aliphatic heterocycles. The summed E-state index contributed by atoms with van der Waals surface area (Å²) in [6, 6.07) is 5.91. The molecule has 1 saturated heterocycles. The number of ether oxygens (including phenoxy) is 1. The average Bonchev–Trinajstić information content (AvgIpc) is 3.03. The van der Waals surface area contributed by atoms with Gasteiger partial charge in [-0.05, 0) is 84.5 Å². The maximum absolute atomic E-state index is 15.9. The second-order valence-corrected chi connectivity index (χ2v) is 13.2. The monoisotopic (exact) mass is 749 g/mol. The Balaban J connectivity index is 1.63. The third-order valence-corrected chi connectivity index (χ3v) is 9.28. The fourth-order valence-electron chi connectivity index (χ4n) is 6.75. The summed E-state index contributed by atoms with van der Waals surface area (Å²) < 4.78 is 122. The number of alkyl halides is 7. The zero-order valence-electron chi connectivity index (χ0n) is 28.0. The summed E-state index contributed by atoms with van der Waals surface area (Å²) in [6.45, 7) is 2.90. The van der Waals surface area contributed by atoms with Crippen molar-refractivity contribution in [2.75, 3.05) is 19.6 Å². The van der Waals surface area contributed by atoms with E-state index in [0.29, 0.717) is 34.0 Å². The van der Waals surface area contributed by atoms with Crippen LogP contribution in [0.4, 0.5) is 35.1 Å². The fraction of sp³-hybridized carbons (Fsp3) is 0.324. The van der Waals surface area contributed by atoms with Gasteiger partial charge in [0.2, 0.25) is 5.91 Å². The van der Waals surface area contributed by atoms with E-state index in [-0.39, 0.29) is 54.6 Å². The van der Waals surface area contributed by atoms with Crippen molar-refractivity contribution in [2.45, 2.75) is 57.3 Å². The number of halogens is 8. The quantitative estimate of drug-likeness (QED) is 0.198. The van der Waals surface area contributed by atoms with E-state index in [2.05, 4.69) is 5.32 Å². The first-order valence-electron chi connectivity index (χ1n) is 16.3. The van der Waals surface area contributed by atoms with Gasteiger partial charge in [0.05, 0.1) is 23.6 Å². The molecule has 53 heavy (non-hydrogen) atoms. The number of likely N-dealkylation sites (tertiary alicyclic amines) is 1. The summed E-state index contributed by atoms with van der Waals surface area (Å²) in [5, 5.41) is 12.2. The summed E-state index contributed by atoms with van der Waals surface area (Å²) >= 11 is 0. The molecule has 3 heterocycles. The second-order valence-electron chi connectivity index (χ2n) is 13.2. The van der Waals surface area contributed by atoms with Crippen LogP contribution in [0.1, 0.15) is 57.4 Å². The first-order chi connectivity index (χ1) is 24.8. The molecule has 1 fully saturated rings. The number of fused-ring (bicyclic) bond motifs is 6. The van der Waals surface area contributed by atoms with Gasteiger partial charge < -0.3 is 15.2 Å². The fourth-order valence-corrected chi connectivity index (χ4v) is 6.75. The van der Waals surface area contributed by atoms with Gasteiger partial charge in [-0.3, -0.25) is 23.9 Å². The lowest BCUT2D eigenvalue weighted by Gasteiger charge is -2.34. The third-order valence-electron chi connectivity index (χ3n) is 9.28. The maximum atomic E-state index is 15.9. The Morgan fingerprint density at radius 1 is 0.962 bits per heavy atom. The van der Waals surface area contributed by atoms with Gasteiger partial charge in [0, 0.05) is 43.0 Å². The molecule has 6 rings (SSSR count). The van der Waals surface area contributed by atoms with E-state index in [9.17, 15) is 50.2 Å². The number of pyridine rings is 1. The Hall–Kier alpha value is -5.25. The van der Waals surface area contributed by atoms with Gasteiger partial charge in [0.1, 0.15) is 29.5 Å². The van der Waals surface area contributed by atoms with Gasteiger partial charge in [0.25, 0.3) is 5.56 Å². The van der Waals surface area contributed by atoms with Gasteiger partial charge in [-0.15, -0.1) is 0 Å². The number of aryl methyl sites for hydroxylation is 2. The minimum absolute atomic E-state index is 0.00703. The molecule has 4 bridgehead atoms. The van der Waals surface area contributed by atoms with Gasteiger partial charge in [0.15, 0.2) is 0 Å². The first-order valence-corrected chi connectivity index (χ1v) is 16.3. The minimum Gasteiger partial charge on any atom is -0.481 e. The third kappa shape index (κ3) is 7.77. The SMILES string of the molecule is Cc1cc2cc(c1F)[C@H](CC(=O)O)NC(=O)[C@H](n1cc(CCN3CC(F)C3)c(C(F)(F)F)cc1=O)c1cc(cc(C(F)(F)F)c1)Oc1cccc(C)c1-2. The highest BCUT2D eigenvalue weighted by Gasteiger charge is 2.39. The van der Waals surface area contributed by atoms with Crippen LogP contribution in [0.15, 0.2) is 65.6 Å². The second kappa shape index (κ2) is 14.0. The Morgan fingerprint density at radius 2 is 1.68 bits per heavy atom. The van der Waals surface area contributed by atoms with E-state index < -0.39 is 88.3 Å². The van der Waals surface area contributed by atoms with Crippen LogP contribution in [0.25, 0.3) is 11.1 Å². The van der Waals surface area contributed by atoms with Crippen molar-refractivity contribution in [3.05, 3.63) is 116 Å². The van der Waals surface area contributed by atoms with E-state index in [1.165, 1.54) is 30.0 Å². The van der Waals surface area contributed by atoms with Crippen LogP contribution < -0.4 is 15.6 Å². The van der Waals surface area contributed by atoms with Crippen LogP contribution in [0.3, 0.4) is 0 Å². The number of nitrogens with one attached hydrogen (secondary N) is 1.